The highest BCUT2D eigenvalue weighted by atomic mass is 16.5. The average molecular weight is 250 g/mol. The fourth-order valence-electron chi connectivity index (χ4n) is 1.82. The van der Waals surface area contributed by atoms with Crippen molar-refractivity contribution in [2.24, 2.45) is 5.92 Å². The minimum atomic E-state index is 0.0454. The van der Waals surface area contributed by atoms with Crippen LogP contribution >= 0.6 is 0 Å². The summed E-state index contributed by atoms with van der Waals surface area (Å²) in [5.74, 6) is 1.39. The number of nitrogens with one attached hydrogen (secondary N) is 2. The zero-order chi connectivity index (χ0) is 13.1. The standard InChI is InChI=1S/C13H18N2O3/c1-8-4-11(17-2)12(18-3)5-10(8)15-13(16)9-6-14-7-9/h4-5,9,14H,6-7H2,1-3H3,(H,15,16). The van der Waals surface area contributed by atoms with E-state index in [0.717, 1.165) is 24.3 Å². The van der Waals surface area contributed by atoms with Crippen LogP contribution in [0.15, 0.2) is 12.1 Å². The molecule has 1 aliphatic heterocycles. The summed E-state index contributed by atoms with van der Waals surface area (Å²) in [6, 6.07) is 3.64. The maximum Gasteiger partial charge on any atom is 0.230 e. The molecule has 0 bridgehead atoms. The molecule has 0 aromatic heterocycles. The lowest BCUT2D eigenvalue weighted by Gasteiger charge is -2.26. The van der Waals surface area contributed by atoms with Crippen molar-refractivity contribution in [1.29, 1.82) is 0 Å². The summed E-state index contributed by atoms with van der Waals surface area (Å²) in [6.45, 7) is 3.42. The molecule has 18 heavy (non-hydrogen) atoms. The monoisotopic (exact) mass is 250 g/mol. The average Bonchev–Trinajstić information content (AvgIpc) is 2.28. The van der Waals surface area contributed by atoms with Gasteiger partial charge < -0.3 is 20.1 Å². The number of amides is 1. The highest BCUT2D eigenvalue weighted by molar-refractivity contribution is 5.94. The van der Waals surface area contributed by atoms with Gasteiger partial charge in [-0.3, -0.25) is 4.79 Å². The number of carbonyl (C=O) groups is 1. The molecule has 1 amide bonds. The largest absolute Gasteiger partial charge is 0.493 e. The molecule has 1 aromatic rings. The molecule has 0 spiro atoms. The van der Waals surface area contributed by atoms with Crippen molar-refractivity contribution in [2.75, 3.05) is 32.6 Å². The summed E-state index contributed by atoms with van der Waals surface area (Å²) in [4.78, 5) is 11.9. The van der Waals surface area contributed by atoms with Gasteiger partial charge in [-0.25, -0.2) is 0 Å². The number of anilines is 1. The molecule has 98 valence electrons. The van der Waals surface area contributed by atoms with Crippen molar-refractivity contribution in [3.05, 3.63) is 17.7 Å². The van der Waals surface area contributed by atoms with Gasteiger partial charge >= 0.3 is 0 Å². The van der Waals surface area contributed by atoms with Crippen LogP contribution in [0.4, 0.5) is 5.69 Å². The predicted octanol–water partition coefficient (Wildman–Crippen LogP) is 1.17. The first-order valence-corrected chi connectivity index (χ1v) is 5.90. The first-order chi connectivity index (χ1) is 8.65. The van der Waals surface area contributed by atoms with E-state index >= 15 is 0 Å². The van der Waals surface area contributed by atoms with Crippen molar-refractivity contribution in [3.8, 4) is 11.5 Å². The van der Waals surface area contributed by atoms with Crippen LogP contribution in [0.5, 0.6) is 11.5 Å². The van der Waals surface area contributed by atoms with Gasteiger partial charge in [0.1, 0.15) is 0 Å². The molecule has 2 rings (SSSR count). The van der Waals surface area contributed by atoms with Crippen molar-refractivity contribution >= 4 is 11.6 Å². The van der Waals surface area contributed by atoms with Crippen molar-refractivity contribution in [1.82, 2.24) is 5.32 Å². The van der Waals surface area contributed by atoms with Crippen molar-refractivity contribution in [2.45, 2.75) is 6.92 Å². The summed E-state index contributed by atoms with van der Waals surface area (Å²) >= 11 is 0. The number of carbonyl (C=O) groups excluding carboxylic acids is 1. The summed E-state index contributed by atoms with van der Waals surface area (Å²) in [6.07, 6.45) is 0. The molecule has 2 N–H and O–H groups in total. The molecule has 0 radical (unpaired) electrons. The molecule has 1 fully saturated rings. The number of methoxy groups -OCH3 is 2. The van der Waals surface area contributed by atoms with E-state index < -0.39 is 0 Å². The normalized spacial score (nSPS) is 14.8. The Labute approximate surface area is 106 Å². The van der Waals surface area contributed by atoms with Crippen molar-refractivity contribution in [3.63, 3.8) is 0 Å². The van der Waals surface area contributed by atoms with E-state index in [2.05, 4.69) is 10.6 Å². The highest BCUT2D eigenvalue weighted by Gasteiger charge is 2.25. The minimum Gasteiger partial charge on any atom is -0.493 e. The summed E-state index contributed by atoms with van der Waals surface area (Å²) in [5.41, 5.74) is 1.72. The Morgan fingerprint density at radius 2 is 1.89 bits per heavy atom. The van der Waals surface area contributed by atoms with Crippen LogP contribution < -0.4 is 20.1 Å². The van der Waals surface area contributed by atoms with Crippen LogP contribution in [-0.2, 0) is 4.79 Å². The topological polar surface area (TPSA) is 59.6 Å². The summed E-state index contributed by atoms with van der Waals surface area (Å²) in [5, 5.41) is 6.00. The quantitative estimate of drug-likeness (QED) is 0.842. The number of ether oxygens (including phenoxy) is 2. The second-order valence-electron chi connectivity index (χ2n) is 4.37. The Kier molecular flexibility index (Phi) is 3.72. The van der Waals surface area contributed by atoms with E-state index in [1.165, 1.54) is 0 Å². The molecule has 0 saturated carbocycles. The molecular weight excluding hydrogens is 232 g/mol. The highest BCUT2D eigenvalue weighted by Crippen LogP contribution is 2.33. The Morgan fingerprint density at radius 1 is 1.28 bits per heavy atom. The molecule has 5 heteroatoms. The third kappa shape index (κ3) is 2.41. The smallest absolute Gasteiger partial charge is 0.230 e. The van der Waals surface area contributed by atoms with Gasteiger partial charge in [-0.2, -0.15) is 0 Å². The molecule has 1 aromatic carbocycles. The fraction of sp³-hybridized carbons (Fsp3) is 0.462. The van der Waals surface area contributed by atoms with Crippen LogP contribution in [-0.4, -0.2) is 33.2 Å². The fourth-order valence-corrected chi connectivity index (χ4v) is 1.82. The predicted molar refractivity (Wildman–Crippen MR) is 69.3 cm³/mol. The van der Waals surface area contributed by atoms with Gasteiger partial charge in [0.25, 0.3) is 0 Å². The zero-order valence-electron chi connectivity index (χ0n) is 10.9. The second kappa shape index (κ2) is 5.27. The zero-order valence-corrected chi connectivity index (χ0v) is 10.9. The maximum absolute atomic E-state index is 11.9. The Hall–Kier alpha value is -1.75. The number of hydrogen-bond acceptors (Lipinski definition) is 4. The van der Waals surface area contributed by atoms with E-state index in [4.69, 9.17) is 9.47 Å². The summed E-state index contributed by atoms with van der Waals surface area (Å²) in [7, 11) is 3.17. The number of aryl methyl sites for hydroxylation is 1. The molecule has 5 nitrogen and oxygen atoms in total. The summed E-state index contributed by atoms with van der Waals surface area (Å²) < 4.78 is 10.4. The van der Waals surface area contributed by atoms with E-state index in [9.17, 15) is 4.79 Å². The van der Waals surface area contributed by atoms with Gasteiger partial charge in [-0.15, -0.1) is 0 Å². The van der Waals surface area contributed by atoms with Gasteiger partial charge in [0.2, 0.25) is 5.91 Å². The van der Waals surface area contributed by atoms with E-state index in [1.54, 1.807) is 20.3 Å². The van der Waals surface area contributed by atoms with E-state index in [1.807, 2.05) is 13.0 Å². The number of rotatable bonds is 4. The molecule has 0 unspecified atom stereocenters. The molecule has 1 aliphatic rings. The maximum atomic E-state index is 11.9. The Bertz CT molecular complexity index is 456. The lowest BCUT2D eigenvalue weighted by atomic mass is 10.0. The molecular formula is C13H18N2O3. The van der Waals surface area contributed by atoms with E-state index in [0.29, 0.717) is 11.5 Å². The minimum absolute atomic E-state index is 0.0454. The van der Waals surface area contributed by atoms with E-state index in [-0.39, 0.29) is 11.8 Å². The van der Waals surface area contributed by atoms with Gasteiger partial charge in [0.15, 0.2) is 11.5 Å². The van der Waals surface area contributed by atoms with Crippen LogP contribution in [0.25, 0.3) is 0 Å². The third-order valence-corrected chi connectivity index (χ3v) is 3.14. The first-order valence-electron chi connectivity index (χ1n) is 5.90. The van der Waals surface area contributed by atoms with Crippen LogP contribution in [0.1, 0.15) is 5.56 Å². The van der Waals surface area contributed by atoms with Gasteiger partial charge in [0.05, 0.1) is 20.1 Å². The number of hydrogen-bond donors (Lipinski definition) is 2. The molecule has 0 aliphatic carbocycles. The second-order valence-corrected chi connectivity index (χ2v) is 4.37. The number of benzene rings is 1. The molecule has 1 saturated heterocycles. The van der Waals surface area contributed by atoms with Crippen LogP contribution in [0.2, 0.25) is 0 Å². The first kappa shape index (κ1) is 12.7. The van der Waals surface area contributed by atoms with Gasteiger partial charge in [0, 0.05) is 24.8 Å². The lowest BCUT2D eigenvalue weighted by molar-refractivity contribution is -0.121. The van der Waals surface area contributed by atoms with Crippen LogP contribution in [0.3, 0.4) is 0 Å². The van der Waals surface area contributed by atoms with Gasteiger partial charge in [-0.05, 0) is 18.6 Å². The SMILES string of the molecule is COc1cc(C)c(NC(=O)C2CNC2)cc1OC. The Morgan fingerprint density at radius 3 is 2.39 bits per heavy atom. The van der Waals surface area contributed by atoms with Crippen molar-refractivity contribution < 1.29 is 14.3 Å². The molecule has 1 heterocycles. The van der Waals surface area contributed by atoms with Gasteiger partial charge in [-0.1, -0.05) is 0 Å². The Balaban J connectivity index is 2.18. The van der Waals surface area contributed by atoms with Crippen LogP contribution in [0, 0.1) is 12.8 Å². The third-order valence-electron chi connectivity index (χ3n) is 3.14. The lowest BCUT2D eigenvalue weighted by Crippen LogP contribution is -2.48. The molecule has 0 atom stereocenters.